The molecule has 0 bridgehead atoms. The van der Waals surface area contributed by atoms with Gasteiger partial charge in [-0.3, -0.25) is 14.5 Å². The molecule has 0 unspecified atom stereocenters. The smallest absolute Gasteiger partial charge is 0.325 e. The lowest BCUT2D eigenvalue weighted by atomic mass is 9.87. The summed E-state index contributed by atoms with van der Waals surface area (Å²) in [5, 5.41) is 3.30. The van der Waals surface area contributed by atoms with Gasteiger partial charge in [0.1, 0.15) is 22.7 Å². The zero-order valence-electron chi connectivity index (χ0n) is 15.8. The van der Waals surface area contributed by atoms with E-state index in [2.05, 4.69) is 5.32 Å². The van der Waals surface area contributed by atoms with E-state index in [9.17, 15) is 23.2 Å². The van der Waals surface area contributed by atoms with Crippen LogP contribution in [-0.2, 0) is 11.3 Å². The molecule has 2 heterocycles. The number of hydrogen-bond acceptors (Lipinski definition) is 3. The van der Waals surface area contributed by atoms with E-state index in [0.29, 0.717) is 5.02 Å². The SMILES string of the molecule is O=C(c1c(F)cccc1F)N1CCC2(CC1)NC(=O)N(Cc1ccc(Cl)cc1)C2=O. The Bertz CT molecular complexity index is 1000. The molecule has 1 N–H and O–H groups in total. The summed E-state index contributed by atoms with van der Waals surface area (Å²) in [4.78, 5) is 40.5. The topological polar surface area (TPSA) is 69.7 Å². The lowest BCUT2D eigenvalue weighted by Gasteiger charge is -2.37. The summed E-state index contributed by atoms with van der Waals surface area (Å²) in [7, 11) is 0. The number of piperidine rings is 1. The quantitative estimate of drug-likeness (QED) is 0.755. The maximum absolute atomic E-state index is 13.9. The molecule has 2 aromatic carbocycles. The monoisotopic (exact) mass is 433 g/mol. The van der Waals surface area contributed by atoms with Gasteiger partial charge < -0.3 is 10.2 Å². The van der Waals surface area contributed by atoms with Crippen LogP contribution >= 0.6 is 11.6 Å². The molecule has 2 aliphatic rings. The molecule has 0 radical (unpaired) electrons. The van der Waals surface area contributed by atoms with Gasteiger partial charge in [-0.25, -0.2) is 13.6 Å². The first-order valence-electron chi connectivity index (χ1n) is 9.42. The van der Waals surface area contributed by atoms with Crippen molar-refractivity contribution in [2.45, 2.75) is 24.9 Å². The normalized spacial score (nSPS) is 18.1. The number of benzene rings is 2. The Kier molecular flexibility index (Phi) is 5.19. The number of halogens is 3. The first-order chi connectivity index (χ1) is 14.3. The van der Waals surface area contributed by atoms with Crippen molar-refractivity contribution in [3.63, 3.8) is 0 Å². The van der Waals surface area contributed by atoms with Crippen LogP contribution in [0.1, 0.15) is 28.8 Å². The number of nitrogens with zero attached hydrogens (tertiary/aromatic N) is 2. The maximum atomic E-state index is 13.9. The van der Waals surface area contributed by atoms with Crippen molar-refractivity contribution in [2.24, 2.45) is 0 Å². The number of urea groups is 1. The average molecular weight is 434 g/mol. The van der Waals surface area contributed by atoms with Crippen LogP contribution in [0.15, 0.2) is 42.5 Å². The molecule has 0 saturated carbocycles. The molecule has 6 nitrogen and oxygen atoms in total. The number of imide groups is 1. The number of hydrogen-bond donors (Lipinski definition) is 1. The van der Waals surface area contributed by atoms with E-state index in [1.165, 1.54) is 11.0 Å². The Hall–Kier alpha value is -3.00. The number of likely N-dealkylation sites (tertiary alicyclic amines) is 1. The van der Waals surface area contributed by atoms with Crippen molar-refractivity contribution in [3.05, 3.63) is 70.2 Å². The van der Waals surface area contributed by atoms with Crippen molar-refractivity contribution in [1.29, 1.82) is 0 Å². The van der Waals surface area contributed by atoms with Crippen LogP contribution in [-0.4, -0.2) is 46.3 Å². The number of rotatable bonds is 3. The molecule has 4 rings (SSSR count). The van der Waals surface area contributed by atoms with Gasteiger partial charge >= 0.3 is 6.03 Å². The maximum Gasteiger partial charge on any atom is 0.325 e. The second-order valence-electron chi connectivity index (χ2n) is 7.42. The predicted octanol–water partition coefficient (Wildman–Crippen LogP) is 3.35. The number of amides is 4. The number of carbonyl (C=O) groups is 3. The van der Waals surface area contributed by atoms with Crippen molar-refractivity contribution in [1.82, 2.24) is 15.1 Å². The Morgan fingerprint density at radius 1 is 1.03 bits per heavy atom. The standard InChI is InChI=1S/C21H18ClF2N3O3/c22-14-6-4-13(5-7-14)12-27-19(29)21(25-20(27)30)8-10-26(11-9-21)18(28)17-15(23)2-1-3-16(17)24/h1-7H,8-12H2,(H,25,30). The van der Waals surface area contributed by atoms with Crippen LogP contribution in [0.2, 0.25) is 5.02 Å². The first kappa shape index (κ1) is 20.3. The largest absolute Gasteiger partial charge is 0.338 e. The molecule has 2 saturated heterocycles. The number of carbonyl (C=O) groups excluding carboxylic acids is 3. The van der Waals surface area contributed by atoms with Gasteiger partial charge in [-0.15, -0.1) is 0 Å². The molecule has 2 aliphatic heterocycles. The molecular formula is C21H18ClF2N3O3. The minimum Gasteiger partial charge on any atom is -0.338 e. The second-order valence-corrected chi connectivity index (χ2v) is 7.86. The van der Waals surface area contributed by atoms with Gasteiger partial charge in [-0.05, 0) is 42.7 Å². The van der Waals surface area contributed by atoms with E-state index in [4.69, 9.17) is 11.6 Å². The second kappa shape index (κ2) is 7.68. The Morgan fingerprint density at radius 3 is 2.23 bits per heavy atom. The highest BCUT2D eigenvalue weighted by atomic mass is 35.5. The molecule has 1 spiro atoms. The first-order valence-corrected chi connectivity index (χ1v) is 9.80. The number of nitrogens with one attached hydrogen (secondary N) is 1. The Morgan fingerprint density at radius 2 is 1.63 bits per heavy atom. The van der Waals surface area contributed by atoms with Crippen LogP contribution in [0, 0.1) is 11.6 Å². The van der Waals surface area contributed by atoms with E-state index in [-0.39, 0.29) is 38.4 Å². The fourth-order valence-electron chi connectivity index (χ4n) is 3.88. The van der Waals surface area contributed by atoms with E-state index < -0.39 is 34.7 Å². The van der Waals surface area contributed by atoms with Crippen LogP contribution in [0.25, 0.3) is 0 Å². The van der Waals surface area contributed by atoms with Crippen LogP contribution < -0.4 is 5.32 Å². The summed E-state index contributed by atoms with van der Waals surface area (Å²) in [5.41, 5.74) is -0.976. The van der Waals surface area contributed by atoms with E-state index in [1.807, 2.05) is 0 Å². The molecule has 30 heavy (non-hydrogen) atoms. The average Bonchev–Trinajstić information content (AvgIpc) is 2.94. The van der Waals surface area contributed by atoms with Crippen LogP contribution in [0.5, 0.6) is 0 Å². The van der Waals surface area contributed by atoms with Crippen LogP contribution in [0.4, 0.5) is 13.6 Å². The van der Waals surface area contributed by atoms with Crippen molar-refractivity contribution in [2.75, 3.05) is 13.1 Å². The van der Waals surface area contributed by atoms with Gasteiger partial charge in [0.05, 0.1) is 6.54 Å². The lowest BCUT2D eigenvalue weighted by molar-refractivity contribution is -0.133. The molecule has 2 aromatic rings. The molecule has 0 aliphatic carbocycles. The van der Waals surface area contributed by atoms with Gasteiger partial charge in [0.25, 0.3) is 11.8 Å². The fraction of sp³-hybridized carbons (Fsp3) is 0.286. The van der Waals surface area contributed by atoms with E-state index >= 15 is 0 Å². The van der Waals surface area contributed by atoms with Crippen molar-refractivity contribution < 1.29 is 23.2 Å². The highest BCUT2D eigenvalue weighted by Crippen LogP contribution is 2.31. The Labute approximate surface area is 176 Å². The predicted molar refractivity (Wildman–Crippen MR) is 105 cm³/mol. The summed E-state index contributed by atoms with van der Waals surface area (Å²) >= 11 is 5.87. The van der Waals surface area contributed by atoms with Crippen molar-refractivity contribution in [3.8, 4) is 0 Å². The molecular weight excluding hydrogens is 416 g/mol. The summed E-state index contributed by atoms with van der Waals surface area (Å²) < 4.78 is 27.9. The minimum atomic E-state index is -1.12. The highest BCUT2D eigenvalue weighted by Gasteiger charge is 2.52. The van der Waals surface area contributed by atoms with E-state index in [1.54, 1.807) is 24.3 Å². The molecule has 156 valence electrons. The van der Waals surface area contributed by atoms with Gasteiger partial charge in [0.2, 0.25) is 0 Å². The fourth-order valence-corrected chi connectivity index (χ4v) is 4.01. The third-order valence-corrected chi connectivity index (χ3v) is 5.83. The zero-order valence-corrected chi connectivity index (χ0v) is 16.6. The molecule has 0 atom stereocenters. The third-order valence-electron chi connectivity index (χ3n) is 5.58. The highest BCUT2D eigenvalue weighted by molar-refractivity contribution is 6.30. The molecule has 9 heteroatoms. The summed E-state index contributed by atoms with van der Waals surface area (Å²) in [5.74, 6) is -3.00. The van der Waals surface area contributed by atoms with Crippen molar-refractivity contribution >= 4 is 29.4 Å². The lowest BCUT2D eigenvalue weighted by Crippen LogP contribution is -2.56. The van der Waals surface area contributed by atoms with E-state index in [0.717, 1.165) is 22.6 Å². The van der Waals surface area contributed by atoms with Crippen LogP contribution in [0.3, 0.4) is 0 Å². The molecule has 2 fully saturated rings. The summed E-state index contributed by atoms with van der Waals surface area (Å²) in [6.45, 7) is 0.285. The third kappa shape index (κ3) is 3.52. The summed E-state index contributed by atoms with van der Waals surface area (Å²) in [6, 6.07) is 9.56. The van der Waals surface area contributed by atoms with Gasteiger partial charge in [0.15, 0.2) is 0 Å². The molecule has 0 aromatic heterocycles. The summed E-state index contributed by atoms with van der Waals surface area (Å²) in [6.07, 6.45) is 0.326. The van der Waals surface area contributed by atoms with Gasteiger partial charge in [-0.1, -0.05) is 29.8 Å². The zero-order chi connectivity index (χ0) is 21.5. The van der Waals surface area contributed by atoms with Gasteiger partial charge in [-0.2, -0.15) is 0 Å². The molecule has 4 amide bonds. The minimum absolute atomic E-state index is 0.0907. The Balaban J connectivity index is 1.46. The van der Waals surface area contributed by atoms with Gasteiger partial charge in [0, 0.05) is 18.1 Å².